The Labute approximate surface area is 169 Å². The highest BCUT2D eigenvalue weighted by molar-refractivity contribution is 5.95. The Morgan fingerprint density at radius 1 is 1.07 bits per heavy atom. The van der Waals surface area contributed by atoms with Gasteiger partial charge in [0.25, 0.3) is 0 Å². The lowest BCUT2D eigenvalue weighted by Crippen LogP contribution is -2.30. The fourth-order valence-electron chi connectivity index (χ4n) is 3.66. The molecule has 3 aromatic carbocycles. The summed E-state index contributed by atoms with van der Waals surface area (Å²) >= 11 is 0. The van der Waals surface area contributed by atoms with E-state index >= 15 is 0 Å². The first-order valence-corrected chi connectivity index (χ1v) is 9.73. The van der Waals surface area contributed by atoms with Crippen LogP contribution in [-0.4, -0.2) is 19.0 Å². The minimum Gasteiger partial charge on any atom is -0.497 e. The van der Waals surface area contributed by atoms with E-state index in [1.165, 1.54) is 0 Å². The number of anilines is 1. The molecule has 1 N–H and O–H groups in total. The number of fused-ring (bicyclic) bond motifs is 2. The lowest BCUT2D eigenvalue weighted by Gasteiger charge is -2.24. The van der Waals surface area contributed by atoms with Gasteiger partial charge in [-0.25, -0.2) is 0 Å². The Morgan fingerprint density at radius 2 is 1.86 bits per heavy atom. The number of hydrogen-bond acceptors (Lipinski definition) is 4. The van der Waals surface area contributed by atoms with Crippen LogP contribution in [0.3, 0.4) is 0 Å². The van der Waals surface area contributed by atoms with Crippen LogP contribution in [0.15, 0.2) is 60.7 Å². The molecule has 5 heteroatoms. The van der Waals surface area contributed by atoms with Gasteiger partial charge in [0.2, 0.25) is 5.91 Å². The van der Waals surface area contributed by atoms with Gasteiger partial charge in [0, 0.05) is 18.0 Å². The van der Waals surface area contributed by atoms with Gasteiger partial charge in [0.1, 0.15) is 12.4 Å². The van der Waals surface area contributed by atoms with Crippen molar-refractivity contribution in [3.63, 3.8) is 0 Å². The number of carbonyl (C=O) groups is 2. The molecular weight excluding hydrogens is 366 g/mol. The normalized spacial score (nSPS) is 15.5. The molecule has 5 nitrogen and oxygen atoms in total. The molecule has 1 aliphatic rings. The van der Waals surface area contributed by atoms with Crippen molar-refractivity contribution in [2.24, 2.45) is 5.92 Å². The van der Waals surface area contributed by atoms with Gasteiger partial charge in [0.15, 0.2) is 0 Å². The van der Waals surface area contributed by atoms with Crippen LogP contribution in [0, 0.1) is 5.92 Å². The van der Waals surface area contributed by atoms with E-state index in [2.05, 4.69) is 5.32 Å². The molecule has 0 saturated heterocycles. The molecule has 0 radical (unpaired) electrons. The van der Waals surface area contributed by atoms with Crippen LogP contribution in [0.5, 0.6) is 5.75 Å². The number of methoxy groups -OCH3 is 1. The summed E-state index contributed by atoms with van der Waals surface area (Å²) in [5, 5.41) is 5.06. The van der Waals surface area contributed by atoms with Crippen molar-refractivity contribution in [1.82, 2.24) is 0 Å². The fraction of sp³-hybridized carbons (Fsp3) is 0.250. The second-order valence-electron chi connectivity index (χ2n) is 7.29. The summed E-state index contributed by atoms with van der Waals surface area (Å²) in [5.41, 5.74) is 2.91. The first kappa shape index (κ1) is 19.0. The van der Waals surface area contributed by atoms with Crippen LogP contribution in [0.4, 0.5) is 5.69 Å². The Balaban J connectivity index is 1.30. The average Bonchev–Trinajstić information content (AvgIpc) is 2.75. The monoisotopic (exact) mass is 389 g/mol. The number of benzene rings is 3. The Kier molecular flexibility index (Phi) is 5.47. The zero-order valence-corrected chi connectivity index (χ0v) is 16.3. The summed E-state index contributed by atoms with van der Waals surface area (Å²) < 4.78 is 10.7. The van der Waals surface area contributed by atoms with Crippen LogP contribution in [0.2, 0.25) is 0 Å². The topological polar surface area (TPSA) is 64.6 Å². The van der Waals surface area contributed by atoms with Crippen molar-refractivity contribution in [3.05, 3.63) is 71.8 Å². The number of nitrogens with one attached hydrogen (secondary N) is 1. The van der Waals surface area contributed by atoms with Crippen LogP contribution < -0.4 is 10.1 Å². The standard InChI is InChI=1S/C24H23NO4/c1-28-21-10-8-17-12-16(6-7-18(17)14-21)15-29-23(26)11-9-20-13-19-4-2-3-5-22(19)25-24(20)27/h2-8,10,12,14,20H,9,11,13,15H2,1H3,(H,25,27). The van der Waals surface area contributed by atoms with Gasteiger partial charge in [-0.05, 0) is 59.0 Å². The number of rotatable bonds is 6. The first-order chi connectivity index (χ1) is 14.1. The van der Waals surface area contributed by atoms with Gasteiger partial charge in [-0.2, -0.15) is 0 Å². The van der Waals surface area contributed by atoms with E-state index in [4.69, 9.17) is 9.47 Å². The highest BCUT2D eigenvalue weighted by Crippen LogP contribution is 2.28. The van der Waals surface area contributed by atoms with Crippen molar-refractivity contribution in [2.45, 2.75) is 25.9 Å². The van der Waals surface area contributed by atoms with Gasteiger partial charge >= 0.3 is 5.97 Å². The third kappa shape index (κ3) is 4.40. The van der Waals surface area contributed by atoms with Crippen molar-refractivity contribution in [1.29, 1.82) is 0 Å². The Morgan fingerprint density at radius 3 is 2.72 bits per heavy atom. The van der Waals surface area contributed by atoms with Crippen LogP contribution in [0.1, 0.15) is 24.0 Å². The fourth-order valence-corrected chi connectivity index (χ4v) is 3.66. The van der Waals surface area contributed by atoms with Crippen molar-refractivity contribution in [3.8, 4) is 5.75 Å². The molecular formula is C24H23NO4. The molecule has 29 heavy (non-hydrogen) atoms. The maximum absolute atomic E-state index is 12.2. The van der Waals surface area contributed by atoms with Gasteiger partial charge in [-0.3, -0.25) is 9.59 Å². The lowest BCUT2D eigenvalue weighted by atomic mass is 9.90. The lowest BCUT2D eigenvalue weighted by molar-refractivity contribution is -0.145. The first-order valence-electron chi connectivity index (χ1n) is 9.73. The molecule has 1 aliphatic heterocycles. The summed E-state index contributed by atoms with van der Waals surface area (Å²) in [5.74, 6) is 0.298. The van der Waals surface area contributed by atoms with E-state index in [1.54, 1.807) is 7.11 Å². The maximum Gasteiger partial charge on any atom is 0.306 e. The van der Waals surface area contributed by atoms with Gasteiger partial charge in [-0.1, -0.05) is 36.4 Å². The van der Waals surface area contributed by atoms with E-state index in [-0.39, 0.29) is 30.8 Å². The second-order valence-corrected chi connectivity index (χ2v) is 7.29. The Hall–Kier alpha value is -3.34. The number of hydrogen-bond donors (Lipinski definition) is 1. The zero-order valence-electron chi connectivity index (χ0n) is 16.3. The van der Waals surface area contributed by atoms with Crippen molar-refractivity contribution in [2.75, 3.05) is 12.4 Å². The van der Waals surface area contributed by atoms with Gasteiger partial charge in [0.05, 0.1) is 7.11 Å². The predicted molar refractivity (Wildman–Crippen MR) is 112 cm³/mol. The number of carbonyl (C=O) groups excluding carboxylic acids is 2. The smallest absolute Gasteiger partial charge is 0.306 e. The minimum absolute atomic E-state index is 0.0264. The van der Waals surface area contributed by atoms with E-state index in [9.17, 15) is 9.59 Å². The molecule has 1 heterocycles. The summed E-state index contributed by atoms with van der Waals surface area (Å²) in [6.07, 6.45) is 1.37. The molecule has 1 atom stereocenters. The molecule has 148 valence electrons. The number of ether oxygens (including phenoxy) is 2. The van der Waals surface area contributed by atoms with Crippen LogP contribution in [-0.2, 0) is 27.4 Å². The number of esters is 1. The predicted octanol–water partition coefficient (Wildman–Crippen LogP) is 4.48. The highest BCUT2D eigenvalue weighted by atomic mass is 16.5. The third-order valence-electron chi connectivity index (χ3n) is 5.32. The van der Waals surface area contributed by atoms with E-state index < -0.39 is 0 Å². The van der Waals surface area contributed by atoms with Gasteiger partial charge < -0.3 is 14.8 Å². The molecule has 0 spiro atoms. The second kappa shape index (κ2) is 8.35. The summed E-state index contributed by atoms with van der Waals surface area (Å²) in [4.78, 5) is 24.4. The molecule has 1 amide bonds. The number of para-hydroxylation sites is 1. The highest BCUT2D eigenvalue weighted by Gasteiger charge is 2.26. The Bertz CT molecular complexity index is 1060. The molecule has 0 aromatic heterocycles. The molecule has 3 aromatic rings. The molecule has 1 unspecified atom stereocenters. The van der Waals surface area contributed by atoms with E-state index in [0.29, 0.717) is 12.8 Å². The molecule has 4 rings (SSSR count). The summed E-state index contributed by atoms with van der Waals surface area (Å²) in [6.45, 7) is 0.223. The van der Waals surface area contributed by atoms with Crippen LogP contribution in [0.25, 0.3) is 10.8 Å². The minimum atomic E-state index is -0.286. The van der Waals surface area contributed by atoms with Crippen LogP contribution >= 0.6 is 0 Å². The molecule has 0 fully saturated rings. The van der Waals surface area contributed by atoms with E-state index in [1.807, 2.05) is 60.7 Å². The van der Waals surface area contributed by atoms with Crippen molar-refractivity contribution < 1.29 is 19.1 Å². The average molecular weight is 389 g/mol. The number of amides is 1. The quantitative estimate of drug-likeness (QED) is 0.631. The molecule has 0 bridgehead atoms. The SMILES string of the molecule is COc1ccc2cc(COC(=O)CCC3Cc4ccccc4NC3=O)ccc2c1. The molecule has 0 saturated carbocycles. The van der Waals surface area contributed by atoms with Gasteiger partial charge in [-0.15, -0.1) is 0 Å². The van der Waals surface area contributed by atoms with Crippen molar-refractivity contribution >= 4 is 28.3 Å². The zero-order chi connectivity index (χ0) is 20.2. The molecule has 0 aliphatic carbocycles. The third-order valence-corrected chi connectivity index (χ3v) is 5.32. The largest absolute Gasteiger partial charge is 0.497 e. The summed E-state index contributed by atoms with van der Waals surface area (Å²) in [7, 11) is 1.64. The summed E-state index contributed by atoms with van der Waals surface area (Å²) in [6, 6.07) is 19.6. The maximum atomic E-state index is 12.2. The van der Waals surface area contributed by atoms with E-state index in [0.717, 1.165) is 33.3 Å².